The van der Waals surface area contributed by atoms with Crippen LogP contribution >= 0.6 is 11.8 Å². The molecule has 0 N–H and O–H groups in total. The number of carbonyl (C=O) groups excluding carboxylic acids is 1. The average Bonchev–Trinajstić information content (AvgIpc) is 2.97. The Balaban J connectivity index is 1.79. The summed E-state index contributed by atoms with van der Waals surface area (Å²) in [7, 11) is 0. The summed E-state index contributed by atoms with van der Waals surface area (Å²) in [4.78, 5) is 18.1. The summed E-state index contributed by atoms with van der Waals surface area (Å²) >= 11 is 1.57. The molecule has 0 aliphatic rings. The summed E-state index contributed by atoms with van der Waals surface area (Å²) in [5, 5.41) is 4.11. The lowest BCUT2D eigenvalue weighted by Crippen LogP contribution is -2.12. The maximum atomic E-state index is 12.2. The van der Waals surface area contributed by atoms with Gasteiger partial charge in [0.15, 0.2) is 0 Å². The highest BCUT2D eigenvalue weighted by Gasteiger charge is 2.10. The zero-order chi connectivity index (χ0) is 13.8. The van der Waals surface area contributed by atoms with Gasteiger partial charge in [-0.25, -0.2) is 4.68 Å². The van der Waals surface area contributed by atoms with E-state index in [-0.39, 0.29) is 5.91 Å². The summed E-state index contributed by atoms with van der Waals surface area (Å²) in [6.45, 7) is 0. The molecule has 3 rings (SSSR count). The van der Waals surface area contributed by atoms with Crippen molar-refractivity contribution in [3.8, 4) is 0 Å². The zero-order valence-electron chi connectivity index (χ0n) is 10.5. The lowest BCUT2D eigenvalue weighted by Gasteiger charge is -1.99. The summed E-state index contributed by atoms with van der Waals surface area (Å²) in [6.07, 6.45) is 6.59. The number of rotatable bonds is 3. The van der Waals surface area contributed by atoms with E-state index in [4.69, 9.17) is 0 Å². The fraction of sp³-hybridized carbons (Fsp3) is 0. The van der Waals surface area contributed by atoms with Gasteiger partial charge < -0.3 is 0 Å². The van der Waals surface area contributed by atoms with Crippen molar-refractivity contribution in [2.45, 2.75) is 9.79 Å². The van der Waals surface area contributed by atoms with E-state index in [0.29, 0.717) is 5.56 Å². The second-order valence-electron chi connectivity index (χ2n) is 4.08. The molecule has 98 valence electrons. The lowest BCUT2D eigenvalue weighted by molar-refractivity contribution is 0.0944. The van der Waals surface area contributed by atoms with E-state index in [0.717, 1.165) is 9.79 Å². The van der Waals surface area contributed by atoms with Crippen LogP contribution in [0.15, 0.2) is 77.0 Å². The molecule has 2 heterocycles. The number of aromatic nitrogens is 3. The van der Waals surface area contributed by atoms with Crippen molar-refractivity contribution < 1.29 is 4.79 Å². The molecule has 0 spiro atoms. The largest absolute Gasteiger partial charge is 0.279 e. The van der Waals surface area contributed by atoms with Gasteiger partial charge >= 0.3 is 0 Å². The average molecular weight is 281 g/mol. The van der Waals surface area contributed by atoms with Crippen molar-refractivity contribution >= 4 is 17.7 Å². The first-order chi connectivity index (χ1) is 9.83. The van der Waals surface area contributed by atoms with Gasteiger partial charge in [0.25, 0.3) is 5.91 Å². The summed E-state index contributed by atoms with van der Waals surface area (Å²) in [5.74, 6) is -0.182. The maximum absolute atomic E-state index is 12.2. The predicted octanol–water partition coefficient (Wildman–Crippen LogP) is 3.12. The number of hydrogen-bond donors (Lipinski definition) is 0. The Hall–Kier alpha value is -2.40. The molecular formula is C15H11N3OS. The minimum atomic E-state index is -0.182. The zero-order valence-corrected chi connectivity index (χ0v) is 11.3. The van der Waals surface area contributed by atoms with E-state index in [1.807, 2.05) is 30.3 Å². The Morgan fingerprint density at radius 2 is 1.85 bits per heavy atom. The summed E-state index contributed by atoms with van der Waals surface area (Å²) < 4.78 is 1.34. The Morgan fingerprint density at radius 1 is 1.00 bits per heavy atom. The predicted molar refractivity (Wildman–Crippen MR) is 76.8 cm³/mol. The van der Waals surface area contributed by atoms with Gasteiger partial charge in [-0.1, -0.05) is 30.0 Å². The van der Waals surface area contributed by atoms with E-state index >= 15 is 0 Å². The molecule has 0 aliphatic carbocycles. The van der Waals surface area contributed by atoms with Gasteiger partial charge in [0.2, 0.25) is 0 Å². The standard InChI is InChI=1S/C15H11N3OS/c19-15(12-5-4-8-16-9-12)18-11-14(10-17-18)20-13-6-2-1-3-7-13/h1-11H. The molecule has 0 radical (unpaired) electrons. The monoisotopic (exact) mass is 281 g/mol. The van der Waals surface area contributed by atoms with E-state index in [1.165, 1.54) is 10.9 Å². The number of carbonyl (C=O) groups is 1. The van der Waals surface area contributed by atoms with Crippen molar-refractivity contribution in [1.82, 2.24) is 14.8 Å². The Kier molecular flexibility index (Phi) is 3.60. The van der Waals surface area contributed by atoms with Crippen LogP contribution in [0.2, 0.25) is 0 Å². The van der Waals surface area contributed by atoms with Crippen LogP contribution < -0.4 is 0 Å². The van der Waals surface area contributed by atoms with Crippen molar-refractivity contribution in [2.24, 2.45) is 0 Å². The number of hydrogen-bond acceptors (Lipinski definition) is 4. The number of pyridine rings is 1. The molecule has 0 amide bonds. The van der Waals surface area contributed by atoms with E-state index in [1.54, 1.807) is 42.5 Å². The molecule has 0 saturated carbocycles. The van der Waals surface area contributed by atoms with Gasteiger partial charge in [-0.15, -0.1) is 0 Å². The smallest absolute Gasteiger partial charge is 0.267 e. The molecule has 0 aliphatic heterocycles. The maximum Gasteiger partial charge on any atom is 0.279 e. The molecule has 5 heteroatoms. The quantitative estimate of drug-likeness (QED) is 0.740. The first-order valence-corrected chi connectivity index (χ1v) is 6.87. The topological polar surface area (TPSA) is 47.8 Å². The van der Waals surface area contributed by atoms with Crippen molar-refractivity contribution in [2.75, 3.05) is 0 Å². The number of nitrogens with zero attached hydrogens (tertiary/aromatic N) is 3. The molecule has 1 aromatic carbocycles. The van der Waals surface area contributed by atoms with Crippen molar-refractivity contribution in [1.29, 1.82) is 0 Å². The van der Waals surface area contributed by atoms with E-state index in [9.17, 15) is 4.79 Å². The van der Waals surface area contributed by atoms with Crippen LogP contribution in [0.25, 0.3) is 0 Å². The van der Waals surface area contributed by atoms with Crippen LogP contribution in [0.3, 0.4) is 0 Å². The first-order valence-electron chi connectivity index (χ1n) is 6.05. The Morgan fingerprint density at radius 3 is 2.60 bits per heavy atom. The molecule has 0 bridgehead atoms. The Bertz CT molecular complexity index is 710. The van der Waals surface area contributed by atoms with Gasteiger partial charge in [0, 0.05) is 23.5 Å². The molecule has 4 nitrogen and oxygen atoms in total. The van der Waals surface area contributed by atoms with Gasteiger partial charge in [0.1, 0.15) is 0 Å². The summed E-state index contributed by atoms with van der Waals surface area (Å²) in [5.41, 5.74) is 0.520. The fourth-order valence-corrected chi connectivity index (χ4v) is 2.53. The van der Waals surface area contributed by atoms with Crippen LogP contribution in [0, 0.1) is 0 Å². The third kappa shape index (κ3) is 2.78. The third-order valence-corrected chi connectivity index (χ3v) is 3.61. The van der Waals surface area contributed by atoms with Gasteiger partial charge in [-0.2, -0.15) is 5.10 Å². The molecule has 0 fully saturated rings. The molecule has 3 aromatic rings. The van der Waals surface area contributed by atoms with Crippen LogP contribution in [-0.2, 0) is 0 Å². The molecular weight excluding hydrogens is 270 g/mol. The molecule has 0 atom stereocenters. The van der Waals surface area contributed by atoms with Crippen LogP contribution in [0.4, 0.5) is 0 Å². The third-order valence-electron chi connectivity index (χ3n) is 2.65. The minimum absolute atomic E-state index is 0.182. The second kappa shape index (κ2) is 5.71. The van der Waals surface area contributed by atoms with Crippen LogP contribution in [-0.4, -0.2) is 20.7 Å². The minimum Gasteiger partial charge on any atom is -0.267 e. The number of benzene rings is 1. The first kappa shape index (κ1) is 12.6. The van der Waals surface area contributed by atoms with Gasteiger partial charge in [0.05, 0.1) is 16.7 Å². The van der Waals surface area contributed by atoms with Crippen molar-refractivity contribution in [3.63, 3.8) is 0 Å². The van der Waals surface area contributed by atoms with Gasteiger partial charge in [-0.05, 0) is 24.3 Å². The van der Waals surface area contributed by atoms with E-state index < -0.39 is 0 Å². The molecule has 0 unspecified atom stereocenters. The van der Waals surface area contributed by atoms with Crippen LogP contribution in [0.5, 0.6) is 0 Å². The highest BCUT2D eigenvalue weighted by atomic mass is 32.2. The van der Waals surface area contributed by atoms with Crippen molar-refractivity contribution in [3.05, 3.63) is 72.8 Å². The lowest BCUT2D eigenvalue weighted by atomic mass is 10.3. The molecule has 20 heavy (non-hydrogen) atoms. The second-order valence-corrected chi connectivity index (χ2v) is 5.23. The summed E-state index contributed by atoms with van der Waals surface area (Å²) in [6, 6.07) is 13.4. The molecule has 2 aromatic heterocycles. The van der Waals surface area contributed by atoms with E-state index in [2.05, 4.69) is 10.1 Å². The molecule has 0 saturated heterocycles. The normalized spacial score (nSPS) is 10.4. The van der Waals surface area contributed by atoms with Gasteiger partial charge in [-0.3, -0.25) is 9.78 Å². The highest BCUT2D eigenvalue weighted by Crippen LogP contribution is 2.26. The fourth-order valence-electron chi connectivity index (χ4n) is 1.72. The highest BCUT2D eigenvalue weighted by molar-refractivity contribution is 7.99. The SMILES string of the molecule is O=C(c1cccnc1)n1cc(Sc2ccccc2)cn1. The Labute approximate surface area is 120 Å². The van der Waals surface area contributed by atoms with Crippen LogP contribution in [0.1, 0.15) is 10.4 Å².